The van der Waals surface area contributed by atoms with Crippen molar-refractivity contribution < 1.29 is 4.74 Å². The largest absolute Gasteiger partial charge is 0.368 e. The Morgan fingerprint density at radius 1 is 1.31 bits per heavy atom. The Balaban J connectivity index is 1.65. The van der Waals surface area contributed by atoms with Crippen molar-refractivity contribution in [2.45, 2.75) is 25.1 Å². The fraction of sp³-hybridized carbons (Fsp3) is 0.429. The average molecular weight is 215 g/mol. The Morgan fingerprint density at radius 3 is 2.81 bits per heavy atom. The molecular weight excluding hydrogens is 198 g/mol. The number of hydrogen-bond acceptors (Lipinski definition) is 2. The van der Waals surface area contributed by atoms with Crippen molar-refractivity contribution in [3.8, 4) is 0 Å². The van der Waals surface area contributed by atoms with E-state index >= 15 is 0 Å². The van der Waals surface area contributed by atoms with Crippen LogP contribution in [0.4, 0.5) is 0 Å². The van der Waals surface area contributed by atoms with Crippen LogP contribution in [-0.2, 0) is 4.74 Å². The van der Waals surface area contributed by atoms with Gasteiger partial charge in [-0.1, -0.05) is 42.5 Å². The standard InChI is InChI=1S/C14H17NO/c1-11(12-6-3-2-4-7-12)15-10-13(15)14-8-5-9-16-14/h2-8,11,13-14H,9-10H2,1H3/t11-,13-,14-,15?/m1/s1. The lowest BCUT2D eigenvalue weighted by molar-refractivity contribution is 0.112. The highest BCUT2D eigenvalue weighted by atomic mass is 16.5. The molecule has 0 radical (unpaired) electrons. The van der Waals surface area contributed by atoms with Gasteiger partial charge < -0.3 is 4.74 Å². The van der Waals surface area contributed by atoms with Crippen molar-refractivity contribution in [1.82, 2.24) is 4.90 Å². The van der Waals surface area contributed by atoms with Crippen LogP contribution in [-0.4, -0.2) is 30.2 Å². The van der Waals surface area contributed by atoms with E-state index in [0.29, 0.717) is 18.2 Å². The van der Waals surface area contributed by atoms with Gasteiger partial charge in [0.1, 0.15) is 0 Å². The van der Waals surface area contributed by atoms with Crippen LogP contribution in [0.3, 0.4) is 0 Å². The molecule has 0 spiro atoms. The first-order valence-electron chi connectivity index (χ1n) is 5.95. The van der Waals surface area contributed by atoms with Crippen molar-refractivity contribution >= 4 is 0 Å². The predicted molar refractivity (Wildman–Crippen MR) is 64.2 cm³/mol. The monoisotopic (exact) mass is 215 g/mol. The molecule has 2 heterocycles. The molecule has 1 unspecified atom stereocenters. The number of rotatable bonds is 3. The maximum absolute atomic E-state index is 5.64. The van der Waals surface area contributed by atoms with Crippen molar-refractivity contribution in [2.24, 2.45) is 0 Å². The first-order chi connectivity index (χ1) is 7.86. The third-order valence-electron chi connectivity index (χ3n) is 3.56. The minimum atomic E-state index is 0.325. The fourth-order valence-electron chi connectivity index (χ4n) is 2.48. The first kappa shape index (κ1) is 10.1. The van der Waals surface area contributed by atoms with Crippen molar-refractivity contribution in [3.05, 3.63) is 48.0 Å². The van der Waals surface area contributed by atoms with E-state index < -0.39 is 0 Å². The second-order valence-corrected chi connectivity index (χ2v) is 4.58. The summed E-state index contributed by atoms with van der Waals surface area (Å²) in [6.07, 6.45) is 4.64. The predicted octanol–water partition coefficient (Wildman–Crippen LogP) is 2.39. The van der Waals surface area contributed by atoms with E-state index in [1.54, 1.807) is 0 Å². The Bertz CT molecular complexity index is 387. The molecule has 2 nitrogen and oxygen atoms in total. The highest BCUT2D eigenvalue weighted by Crippen LogP contribution is 2.35. The fourth-order valence-corrected chi connectivity index (χ4v) is 2.48. The molecular formula is C14H17NO. The van der Waals surface area contributed by atoms with Crippen LogP contribution < -0.4 is 0 Å². The van der Waals surface area contributed by atoms with Gasteiger partial charge in [0.05, 0.1) is 18.8 Å². The maximum atomic E-state index is 5.64. The Kier molecular flexibility index (Phi) is 2.54. The normalized spacial score (nSPS) is 33.9. The molecule has 4 atom stereocenters. The van der Waals surface area contributed by atoms with Gasteiger partial charge in [0, 0.05) is 12.6 Å². The van der Waals surface area contributed by atoms with Gasteiger partial charge >= 0.3 is 0 Å². The van der Waals surface area contributed by atoms with Crippen LogP contribution in [0.1, 0.15) is 18.5 Å². The molecule has 3 rings (SSSR count). The lowest BCUT2D eigenvalue weighted by Crippen LogP contribution is -2.19. The summed E-state index contributed by atoms with van der Waals surface area (Å²) in [5.41, 5.74) is 1.40. The van der Waals surface area contributed by atoms with Gasteiger partial charge in [-0.05, 0) is 12.5 Å². The van der Waals surface area contributed by atoms with Crippen LogP contribution in [0.2, 0.25) is 0 Å². The molecule has 0 saturated carbocycles. The molecule has 0 amide bonds. The molecule has 2 aliphatic rings. The lowest BCUT2D eigenvalue weighted by Gasteiger charge is -2.16. The lowest BCUT2D eigenvalue weighted by atomic mass is 10.1. The third kappa shape index (κ3) is 1.79. The second-order valence-electron chi connectivity index (χ2n) is 4.58. The van der Waals surface area contributed by atoms with E-state index in [0.717, 1.165) is 13.2 Å². The summed E-state index contributed by atoms with van der Waals surface area (Å²) < 4.78 is 5.64. The van der Waals surface area contributed by atoms with Gasteiger partial charge in [-0.3, -0.25) is 4.90 Å². The molecule has 2 heteroatoms. The highest BCUT2D eigenvalue weighted by molar-refractivity contribution is 5.21. The van der Waals surface area contributed by atoms with Gasteiger partial charge in [-0.25, -0.2) is 0 Å². The van der Waals surface area contributed by atoms with Crippen molar-refractivity contribution in [2.75, 3.05) is 13.2 Å². The van der Waals surface area contributed by atoms with Crippen LogP contribution in [0, 0.1) is 0 Å². The molecule has 84 valence electrons. The SMILES string of the molecule is C[C@H](c1ccccc1)N1C[C@@H]1[C@H]1C=CCO1. The summed E-state index contributed by atoms with van der Waals surface area (Å²) in [7, 11) is 0. The van der Waals surface area contributed by atoms with Crippen LogP contribution in [0.25, 0.3) is 0 Å². The van der Waals surface area contributed by atoms with E-state index in [1.807, 2.05) is 0 Å². The summed E-state index contributed by atoms with van der Waals surface area (Å²) in [5.74, 6) is 0. The number of benzene rings is 1. The van der Waals surface area contributed by atoms with Gasteiger partial charge in [-0.15, -0.1) is 0 Å². The van der Waals surface area contributed by atoms with E-state index in [-0.39, 0.29) is 0 Å². The number of nitrogens with zero attached hydrogens (tertiary/aromatic N) is 1. The zero-order valence-corrected chi connectivity index (χ0v) is 9.54. The Labute approximate surface area is 96.5 Å². The first-order valence-corrected chi connectivity index (χ1v) is 5.95. The molecule has 2 aliphatic heterocycles. The van der Waals surface area contributed by atoms with E-state index in [1.165, 1.54) is 5.56 Å². The molecule has 1 aromatic rings. The molecule has 0 aromatic heterocycles. The van der Waals surface area contributed by atoms with Gasteiger partial charge in [0.25, 0.3) is 0 Å². The quantitative estimate of drug-likeness (QED) is 0.567. The van der Waals surface area contributed by atoms with Crippen LogP contribution >= 0.6 is 0 Å². The minimum absolute atomic E-state index is 0.325. The van der Waals surface area contributed by atoms with Crippen LogP contribution in [0.5, 0.6) is 0 Å². The zero-order valence-electron chi connectivity index (χ0n) is 9.54. The molecule has 1 aromatic carbocycles. The van der Waals surface area contributed by atoms with E-state index in [2.05, 4.69) is 54.3 Å². The van der Waals surface area contributed by atoms with Gasteiger partial charge in [-0.2, -0.15) is 0 Å². The summed E-state index contributed by atoms with van der Waals surface area (Å²) >= 11 is 0. The Morgan fingerprint density at radius 2 is 2.12 bits per heavy atom. The molecule has 1 saturated heterocycles. The van der Waals surface area contributed by atoms with Gasteiger partial charge in [0.15, 0.2) is 0 Å². The molecule has 1 fully saturated rings. The summed E-state index contributed by atoms with van der Waals surface area (Å²) in [6.45, 7) is 4.22. The highest BCUT2D eigenvalue weighted by Gasteiger charge is 2.43. The molecule has 0 N–H and O–H groups in total. The zero-order chi connectivity index (χ0) is 11.0. The maximum Gasteiger partial charge on any atom is 0.0928 e. The third-order valence-corrected chi connectivity index (χ3v) is 3.56. The topological polar surface area (TPSA) is 12.2 Å². The number of ether oxygens (including phenoxy) is 1. The summed E-state index contributed by atoms with van der Waals surface area (Å²) in [4.78, 5) is 2.50. The van der Waals surface area contributed by atoms with Crippen LogP contribution in [0.15, 0.2) is 42.5 Å². The van der Waals surface area contributed by atoms with E-state index in [9.17, 15) is 0 Å². The minimum Gasteiger partial charge on any atom is -0.368 e. The average Bonchev–Trinajstić information content (AvgIpc) is 2.95. The molecule has 0 bridgehead atoms. The second kappa shape index (κ2) is 4.04. The summed E-state index contributed by atoms with van der Waals surface area (Å²) in [5, 5.41) is 0. The van der Waals surface area contributed by atoms with Crippen molar-refractivity contribution in [3.63, 3.8) is 0 Å². The molecule has 0 aliphatic carbocycles. The van der Waals surface area contributed by atoms with Crippen molar-refractivity contribution in [1.29, 1.82) is 0 Å². The summed E-state index contributed by atoms with van der Waals surface area (Å²) in [6, 6.07) is 11.8. The number of hydrogen-bond donors (Lipinski definition) is 0. The van der Waals surface area contributed by atoms with E-state index in [4.69, 9.17) is 4.74 Å². The smallest absolute Gasteiger partial charge is 0.0928 e. The Hall–Kier alpha value is -1.12. The molecule has 16 heavy (non-hydrogen) atoms. The van der Waals surface area contributed by atoms with Gasteiger partial charge in [0.2, 0.25) is 0 Å².